The summed E-state index contributed by atoms with van der Waals surface area (Å²) >= 11 is 0. The van der Waals surface area contributed by atoms with Crippen LogP contribution in [0.3, 0.4) is 0 Å². The van der Waals surface area contributed by atoms with Crippen LogP contribution in [0.25, 0.3) is 0 Å². The molecule has 0 aliphatic carbocycles. The Morgan fingerprint density at radius 2 is 1.86 bits per heavy atom. The fourth-order valence-electron chi connectivity index (χ4n) is 1.56. The molecule has 1 aromatic carbocycles. The summed E-state index contributed by atoms with van der Waals surface area (Å²) in [5.41, 5.74) is -2.55. The van der Waals surface area contributed by atoms with Crippen LogP contribution >= 0.6 is 0 Å². The zero-order valence-corrected chi connectivity index (χ0v) is 11.7. The molecule has 8 heteroatoms. The number of anilines is 1. The number of carbonyl (C=O) groups excluding carboxylic acids is 1. The third-order valence-corrected chi connectivity index (χ3v) is 3.18. The summed E-state index contributed by atoms with van der Waals surface area (Å²) in [6, 6.07) is 2.39. The summed E-state index contributed by atoms with van der Waals surface area (Å²) in [5, 5.41) is 13.0. The van der Waals surface area contributed by atoms with Crippen LogP contribution in [-0.2, 0) is 11.0 Å². The minimum absolute atomic E-state index is 0.0186. The molecule has 1 unspecified atom stereocenters. The van der Waals surface area contributed by atoms with Crippen LogP contribution in [0, 0.1) is 22.0 Å². The van der Waals surface area contributed by atoms with Crippen molar-refractivity contribution in [2.45, 2.75) is 26.9 Å². The van der Waals surface area contributed by atoms with Gasteiger partial charge in [-0.25, -0.2) is 0 Å². The molecule has 1 rings (SSSR count). The molecule has 0 aliphatic heterocycles. The first kappa shape index (κ1) is 16.9. The van der Waals surface area contributed by atoms with Crippen molar-refractivity contribution in [1.29, 1.82) is 0 Å². The summed E-state index contributed by atoms with van der Waals surface area (Å²) in [6.45, 7) is 5.26. The van der Waals surface area contributed by atoms with Gasteiger partial charge in [0.05, 0.1) is 4.92 Å². The molecule has 0 heterocycles. The van der Waals surface area contributed by atoms with E-state index in [1.165, 1.54) is 0 Å². The van der Waals surface area contributed by atoms with Gasteiger partial charge in [0.1, 0.15) is 5.56 Å². The fourth-order valence-corrected chi connectivity index (χ4v) is 1.56. The monoisotopic (exact) mass is 304 g/mol. The molecular weight excluding hydrogens is 289 g/mol. The highest BCUT2D eigenvalue weighted by Crippen LogP contribution is 2.37. The molecule has 0 bridgehead atoms. The van der Waals surface area contributed by atoms with Crippen molar-refractivity contribution in [2.75, 3.05) is 5.32 Å². The maximum absolute atomic E-state index is 12.8. The largest absolute Gasteiger partial charge is 0.423 e. The van der Waals surface area contributed by atoms with Gasteiger partial charge in [0.25, 0.3) is 5.69 Å². The number of halogens is 3. The predicted octanol–water partition coefficient (Wildman–Crippen LogP) is 3.84. The molecule has 0 fully saturated rings. The van der Waals surface area contributed by atoms with Crippen LogP contribution in [0.5, 0.6) is 0 Å². The van der Waals surface area contributed by atoms with Crippen LogP contribution in [0.15, 0.2) is 18.2 Å². The molecule has 116 valence electrons. The lowest BCUT2D eigenvalue weighted by Gasteiger charge is -2.16. The smallest absolute Gasteiger partial charge is 0.326 e. The standard InChI is InChI=1S/C13H15F3N2O3/c1-7(2)8(3)12(19)17-9-4-5-11(18(20)21)10(6-9)13(14,15)16/h4-8H,1-3H3,(H,17,19). The average molecular weight is 304 g/mol. The van der Waals surface area contributed by atoms with Gasteiger partial charge < -0.3 is 5.32 Å². The lowest BCUT2D eigenvalue weighted by molar-refractivity contribution is -0.388. The molecular formula is C13H15F3N2O3. The van der Waals surface area contributed by atoms with Gasteiger partial charge in [-0.2, -0.15) is 13.2 Å². The van der Waals surface area contributed by atoms with Crippen LogP contribution in [0.1, 0.15) is 26.3 Å². The van der Waals surface area contributed by atoms with E-state index in [0.717, 1.165) is 12.1 Å². The van der Waals surface area contributed by atoms with Gasteiger partial charge in [0.2, 0.25) is 5.91 Å². The molecule has 0 aliphatic rings. The number of alkyl halides is 3. The molecule has 0 saturated heterocycles. The highest BCUT2D eigenvalue weighted by molar-refractivity contribution is 5.92. The van der Waals surface area contributed by atoms with Crippen molar-refractivity contribution in [1.82, 2.24) is 0 Å². The zero-order chi connectivity index (χ0) is 16.4. The SMILES string of the molecule is CC(C)C(C)C(=O)Nc1ccc([N+](=O)[O-])c(C(F)(F)F)c1. The normalized spacial score (nSPS) is 13.1. The Morgan fingerprint density at radius 3 is 2.29 bits per heavy atom. The number of nitro benzene ring substituents is 1. The minimum Gasteiger partial charge on any atom is -0.326 e. The van der Waals surface area contributed by atoms with Crippen LogP contribution in [0.4, 0.5) is 24.5 Å². The Morgan fingerprint density at radius 1 is 1.29 bits per heavy atom. The number of rotatable bonds is 4. The van der Waals surface area contributed by atoms with E-state index >= 15 is 0 Å². The van der Waals surface area contributed by atoms with E-state index < -0.39 is 34.2 Å². The lowest BCUT2D eigenvalue weighted by Crippen LogP contribution is -2.24. The number of amides is 1. The first-order valence-corrected chi connectivity index (χ1v) is 6.20. The molecule has 0 spiro atoms. The summed E-state index contributed by atoms with van der Waals surface area (Å²) in [5.74, 6) is -0.813. The molecule has 0 aromatic heterocycles. The summed E-state index contributed by atoms with van der Waals surface area (Å²) in [4.78, 5) is 21.3. The Bertz CT molecular complexity index is 556. The quantitative estimate of drug-likeness (QED) is 0.678. The number of carbonyl (C=O) groups is 1. The number of benzene rings is 1. The average Bonchev–Trinajstić information content (AvgIpc) is 2.36. The van der Waals surface area contributed by atoms with E-state index in [4.69, 9.17) is 0 Å². The van der Waals surface area contributed by atoms with Crippen molar-refractivity contribution in [3.8, 4) is 0 Å². The van der Waals surface area contributed by atoms with E-state index in [0.29, 0.717) is 6.07 Å². The maximum atomic E-state index is 12.8. The number of hydrogen-bond donors (Lipinski definition) is 1. The third-order valence-electron chi connectivity index (χ3n) is 3.18. The van der Waals surface area contributed by atoms with E-state index in [-0.39, 0.29) is 11.6 Å². The zero-order valence-electron chi connectivity index (χ0n) is 11.7. The third kappa shape index (κ3) is 4.17. The second kappa shape index (κ2) is 6.11. The highest BCUT2D eigenvalue weighted by Gasteiger charge is 2.38. The Hall–Kier alpha value is -2.12. The Balaban J connectivity index is 3.12. The van der Waals surface area contributed by atoms with E-state index in [2.05, 4.69) is 5.32 Å². The van der Waals surface area contributed by atoms with Gasteiger partial charge in [-0.3, -0.25) is 14.9 Å². The minimum atomic E-state index is -4.87. The van der Waals surface area contributed by atoms with E-state index in [1.807, 2.05) is 0 Å². The lowest BCUT2D eigenvalue weighted by atomic mass is 9.97. The summed E-state index contributed by atoms with van der Waals surface area (Å²) in [6.07, 6.45) is -4.87. The van der Waals surface area contributed by atoms with Crippen molar-refractivity contribution < 1.29 is 22.9 Å². The van der Waals surface area contributed by atoms with E-state index in [9.17, 15) is 28.1 Å². The highest BCUT2D eigenvalue weighted by atomic mass is 19.4. The van der Waals surface area contributed by atoms with Crippen molar-refractivity contribution in [2.24, 2.45) is 11.8 Å². The fraction of sp³-hybridized carbons (Fsp3) is 0.462. The van der Waals surface area contributed by atoms with Gasteiger partial charge in [-0.1, -0.05) is 20.8 Å². The molecule has 0 saturated carbocycles. The van der Waals surface area contributed by atoms with Gasteiger partial charge in [0, 0.05) is 17.7 Å². The molecule has 1 aromatic rings. The number of nitrogens with one attached hydrogen (secondary N) is 1. The molecule has 21 heavy (non-hydrogen) atoms. The van der Waals surface area contributed by atoms with Gasteiger partial charge in [0.15, 0.2) is 0 Å². The second-order valence-electron chi connectivity index (χ2n) is 5.01. The van der Waals surface area contributed by atoms with Crippen molar-refractivity contribution >= 4 is 17.3 Å². The van der Waals surface area contributed by atoms with Crippen molar-refractivity contribution in [3.05, 3.63) is 33.9 Å². The van der Waals surface area contributed by atoms with Crippen LogP contribution < -0.4 is 5.32 Å². The Labute approximate surface area is 119 Å². The van der Waals surface area contributed by atoms with Gasteiger partial charge in [-0.05, 0) is 18.1 Å². The van der Waals surface area contributed by atoms with Crippen LogP contribution in [0.2, 0.25) is 0 Å². The summed E-state index contributed by atoms with van der Waals surface area (Å²) < 4.78 is 38.4. The predicted molar refractivity (Wildman–Crippen MR) is 70.7 cm³/mol. The first-order valence-electron chi connectivity index (χ1n) is 6.20. The van der Waals surface area contributed by atoms with Crippen molar-refractivity contribution in [3.63, 3.8) is 0 Å². The number of hydrogen-bond acceptors (Lipinski definition) is 3. The molecule has 1 amide bonds. The maximum Gasteiger partial charge on any atom is 0.423 e. The number of nitro groups is 1. The molecule has 5 nitrogen and oxygen atoms in total. The van der Waals surface area contributed by atoms with E-state index in [1.54, 1.807) is 20.8 Å². The Kier molecular flexibility index (Phi) is 4.93. The first-order chi connectivity index (χ1) is 9.54. The number of nitrogens with zero attached hydrogens (tertiary/aromatic N) is 1. The molecule has 1 N–H and O–H groups in total. The molecule has 1 atom stereocenters. The topological polar surface area (TPSA) is 72.2 Å². The van der Waals surface area contributed by atoms with Gasteiger partial charge >= 0.3 is 6.18 Å². The second-order valence-corrected chi connectivity index (χ2v) is 5.01. The summed E-state index contributed by atoms with van der Waals surface area (Å²) in [7, 11) is 0. The molecule has 0 radical (unpaired) electrons. The van der Waals surface area contributed by atoms with Crippen LogP contribution in [-0.4, -0.2) is 10.8 Å². The van der Waals surface area contributed by atoms with Gasteiger partial charge in [-0.15, -0.1) is 0 Å².